The first-order chi connectivity index (χ1) is 9.74. The van der Waals surface area contributed by atoms with Crippen LogP contribution in [-0.4, -0.2) is 18.2 Å². The Kier molecular flexibility index (Phi) is 8.36. The lowest BCUT2D eigenvalue weighted by molar-refractivity contribution is -0.119. The van der Waals surface area contributed by atoms with Gasteiger partial charge in [0.05, 0.1) is 0 Å². The first kappa shape index (κ1) is 16.4. The molecule has 0 atom stereocenters. The smallest absolute Gasteiger partial charge is 0.251 e. The van der Waals surface area contributed by atoms with E-state index in [2.05, 4.69) is 12.2 Å². The number of ketones is 1. The molecule has 0 heterocycles. The fraction of sp³-hybridized carbons (Fsp3) is 0.529. The van der Waals surface area contributed by atoms with E-state index in [0.717, 1.165) is 38.5 Å². The zero-order chi connectivity index (χ0) is 14.6. The Balaban J connectivity index is 2.02. The van der Waals surface area contributed by atoms with Gasteiger partial charge in [-0.2, -0.15) is 0 Å². The first-order valence-electron chi connectivity index (χ1n) is 7.59. The normalized spacial score (nSPS) is 10.2. The second-order valence-corrected chi connectivity index (χ2v) is 5.07. The number of unbranched alkanes of at least 4 members (excludes halogenated alkanes) is 3. The summed E-state index contributed by atoms with van der Waals surface area (Å²) in [5.74, 6) is 0.352. The highest BCUT2D eigenvalue weighted by Gasteiger charge is 2.03. The van der Waals surface area contributed by atoms with E-state index in [1.807, 2.05) is 30.3 Å². The minimum Gasteiger partial charge on any atom is -0.352 e. The topological polar surface area (TPSA) is 46.2 Å². The minimum atomic E-state index is -0.0235. The van der Waals surface area contributed by atoms with Crippen molar-refractivity contribution in [1.82, 2.24) is 5.32 Å². The van der Waals surface area contributed by atoms with Crippen LogP contribution in [0.1, 0.15) is 62.2 Å². The van der Waals surface area contributed by atoms with Crippen LogP contribution in [0.25, 0.3) is 0 Å². The molecule has 0 spiro atoms. The highest BCUT2D eigenvalue weighted by Crippen LogP contribution is 2.05. The number of carbonyl (C=O) groups is 2. The standard InChI is InChI=1S/C17H25NO2/c1-2-3-12-16(19)13-8-5-9-14-18-17(20)15-10-6-4-7-11-15/h4,6-7,10-11H,2-3,5,8-9,12-14H2,1H3,(H,18,20). The van der Waals surface area contributed by atoms with Gasteiger partial charge < -0.3 is 5.32 Å². The molecule has 20 heavy (non-hydrogen) atoms. The van der Waals surface area contributed by atoms with E-state index in [1.54, 1.807) is 0 Å². The van der Waals surface area contributed by atoms with Crippen molar-refractivity contribution in [3.63, 3.8) is 0 Å². The molecule has 0 fully saturated rings. The summed E-state index contributed by atoms with van der Waals surface area (Å²) < 4.78 is 0. The van der Waals surface area contributed by atoms with Crippen LogP contribution in [0.4, 0.5) is 0 Å². The Morgan fingerprint density at radius 2 is 1.65 bits per heavy atom. The lowest BCUT2D eigenvalue weighted by Crippen LogP contribution is -2.24. The third-order valence-corrected chi connectivity index (χ3v) is 3.26. The summed E-state index contributed by atoms with van der Waals surface area (Å²) in [7, 11) is 0. The number of benzene rings is 1. The molecule has 0 aliphatic carbocycles. The molecule has 0 saturated carbocycles. The maximum Gasteiger partial charge on any atom is 0.251 e. The lowest BCUT2D eigenvalue weighted by atomic mass is 10.1. The number of hydrogen-bond acceptors (Lipinski definition) is 2. The molecule has 1 rings (SSSR count). The molecule has 110 valence electrons. The van der Waals surface area contributed by atoms with Crippen LogP contribution < -0.4 is 5.32 Å². The minimum absolute atomic E-state index is 0.0235. The van der Waals surface area contributed by atoms with Crippen LogP contribution in [0.5, 0.6) is 0 Å². The molecule has 0 aliphatic rings. The number of rotatable bonds is 10. The maximum absolute atomic E-state index is 11.7. The van der Waals surface area contributed by atoms with Crippen LogP contribution >= 0.6 is 0 Å². The van der Waals surface area contributed by atoms with Gasteiger partial charge in [-0.05, 0) is 31.4 Å². The Labute approximate surface area is 121 Å². The van der Waals surface area contributed by atoms with Gasteiger partial charge in [0, 0.05) is 24.9 Å². The number of carbonyl (C=O) groups excluding carboxylic acids is 2. The molecule has 0 aliphatic heterocycles. The third-order valence-electron chi connectivity index (χ3n) is 3.26. The predicted molar refractivity (Wildman–Crippen MR) is 81.8 cm³/mol. The van der Waals surface area contributed by atoms with E-state index in [1.165, 1.54) is 0 Å². The molecule has 0 radical (unpaired) electrons. The summed E-state index contributed by atoms with van der Waals surface area (Å²) in [5.41, 5.74) is 0.697. The Bertz CT molecular complexity index is 401. The van der Waals surface area contributed by atoms with Crippen LogP contribution in [0.15, 0.2) is 30.3 Å². The molecular formula is C17H25NO2. The van der Waals surface area contributed by atoms with E-state index in [0.29, 0.717) is 24.3 Å². The summed E-state index contributed by atoms with van der Waals surface area (Å²) in [4.78, 5) is 23.2. The van der Waals surface area contributed by atoms with Crippen molar-refractivity contribution in [3.8, 4) is 0 Å². The molecular weight excluding hydrogens is 250 g/mol. The molecule has 1 N–H and O–H groups in total. The van der Waals surface area contributed by atoms with Crippen molar-refractivity contribution >= 4 is 11.7 Å². The van der Waals surface area contributed by atoms with E-state index < -0.39 is 0 Å². The molecule has 1 aromatic carbocycles. The van der Waals surface area contributed by atoms with Crippen LogP contribution in [0.2, 0.25) is 0 Å². The fourth-order valence-electron chi connectivity index (χ4n) is 2.02. The summed E-state index contributed by atoms with van der Waals surface area (Å²) in [6.45, 7) is 2.78. The average Bonchev–Trinajstić information content (AvgIpc) is 2.49. The van der Waals surface area contributed by atoms with E-state index in [4.69, 9.17) is 0 Å². The Hall–Kier alpha value is -1.64. The molecule has 3 nitrogen and oxygen atoms in total. The molecule has 1 amide bonds. The summed E-state index contributed by atoms with van der Waals surface area (Å²) in [6, 6.07) is 9.23. The van der Waals surface area contributed by atoms with Gasteiger partial charge in [-0.25, -0.2) is 0 Å². The van der Waals surface area contributed by atoms with Gasteiger partial charge in [0.15, 0.2) is 0 Å². The predicted octanol–water partition coefficient (Wildman–Crippen LogP) is 3.74. The van der Waals surface area contributed by atoms with Gasteiger partial charge in [-0.15, -0.1) is 0 Å². The number of hydrogen-bond donors (Lipinski definition) is 1. The van der Waals surface area contributed by atoms with Crippen LogP contribution in [0.3, 0.4) is 0 Å². The fourth-order valence-corrected chi connectivity index (χ4v) is 2.02. The van der Waals surface area contributed by atoms with Gasteiger partial charge in [-0.3, -0.25) is 9.59 Å². The monoisotopic (exact) mass is 275 g/mol. The summed E-state index contributed by atoms with van der Waals surface area (Å²) in [5, 5.41) is 2.90. The van der Waals surface area contributed by atoms with Crippen molar-refractivity contribution in [2.45, 2.75) is 51.9 Å². The highest BCUT2D eigenvalue weighted by atomic mass is 16.1. The lowest BCUT2D eigenvalue weighted by Gasteiger charge is -2.05. The molecule has 0 aromatic heterocycles. The largest absolute Gasteiger partial charge is 0.352 e. The van der Waals surface area contributed by atoms with E-state index in [9.17, 15) is 9.59 Å². The van der Waals surface area contributed by atoms with Gasteiger partial charge in [-0.1, -0.05) is 38.0 Å². The van der Waals surface area contributed by atoms with Gasteiger partial charge >= 0.3 is 0 Å². The average molecular weight is 275 g/mol. The summed E-state index contributed by atoms with van der Waals surface area (Å²) in [6.07, 6.45) is 6.35. The molecule has 1 aromatic rings. The zero-order valence-corrected chi connectivity index (χ0v) is 12.4. The second-order valence-electron chi connectivity index (χ2n) is 5.07. The van der Waals surface area contributed by atoms with Crippen molar-refractivity contribution in [2.75, 3.05) is 6.54 Å². The number of Topliss-reactive ketones (excluding diaryl/α,β-unsaturated/α-hetero) is 1. The highest BCUT2D eigenvalue weighted by molar-refractivity contribution is 5.94. The van der Waals surface area contributed by atoms with E-state index >= 15 is 0 Å². The second kappa shape index (κ2) is 10.2. The van der Waals surface area contributed by atoms with Crippen LogP contribution in [-0.2, 0) is 4.79 Å². The van der Waals surface area contributed by atoms with Gasteiger partial charge in [0.1, 0.15) is 5.78 Å². The van der Waals surface area contributed by atoms with Crippen molar-refractivity contribution in [1.29, 1.82) is 0 Å². The molecule has 3 heteroatoms. The first-order valence-corrected chi connectivity index (χ1v) is 7.59. The SMILES string of the molecule is CCCCC(=O)CCCCCNC(=O)c1ccccc1. The van der Waals surface area contributed by atoms with Crippen molar-refractivity contribution in [3.05, 3.63) is 35.9 Å². The summed E-state index contributed by atoms with van der Waals surface area (Å²) >= 11 is 0. The third kappa shape index (κ3) is 7.07. The quantitative estimate of drug-likeness (QED) is 0.661. The van der Waals surface area contributed by atoms with Crippen LogP contribution in [0, 0.1) is 0 Å². The molecule has 0 bridgehead atoms. The van der Waals surface area contributed by atoms with Gasteiger partial charge in [0.25, 0.3) is 5.91 Å². The van der Waals surface area contributed by atoms with Crippen molar-refractivity contribution < 1.29 is 9.59 Å². The Morgan fingerprint density at radius 1 is 0.950 bits per heavy atom. The number of nitrogens with one attached hydrogen (secondary N) is 1. The van der Waals surface area contributed by atoms with Crippen molar-refractivity contribution in [2.24, 2.45) is 0 Å². The van der Waals surface area contributed by atoms with E-state index in [-0.39, 0.29) is 5.91 Å². The molecule has 0 saturated heterocycles. The Morgan fingerprint density at radius 3 is 2.35 bits per heavy atom. The van der Waals surface area contributed by atoms with Gasteiger partial charge in [0.2, 0.25) is 0 Å². The maximum atomic E-state index is 11.7. The molecule has 0 unspecified atom stereocenters. The zero-order valence-electron chi connectivity index (χ0n) is 12.4. The number of amides is 1.